The molecule has 9 nitrogen and oxygen atoms in total. The minimum Gasteiger partial charge on any atom is -0.481 e. The maximum Gasteiger partial charge on any atom is 0.422 e. The zero-order chi connectivity index (χ0) is 27.6. The Labute approximate surface area is 220 Å². The molecule has 5 rings (SSSR count). The summed E-state index contributed by atoms with van der Waals surface area (Å²) in [5, 5.41) is 27.2. The number of aliphatic hydroxyl groups is 1. The Morgan fingerprint density at radius 2 is 1.79 bits per heavy atom. The van der Waals surface area contributed by atoms with Crippen LogP contribution in [-0.2, 0) is 11.0 Å². The standard InChI is InChI=1S/C27H25F3N4O5/c28-27(29,30)22-23(18-6-2-1-3-7-18)32-38-24(22)26-31-25(33-39-26)19-10-8-17(9-11-19)20(35)15-34-12-4-5-16(14-34)13-21(36)37/h1-3,6-11,16,20,35H,4-5,12-15H2,(H,36,37)/t16-,20-/m1/s1. The number of nitrogens with zero attached hydrogens (tertiary/aromatic N) is 4. The maximum absolute atomic E-state index is 14.0. The van der Waals surface area contributed by atoms with Gasteiger partial charge < -0.3 is 24.2 Å². The fourth-order valence-electron chi connectivity index (χ4n) is 4.86. The van der Waals surface area contributed by atoms with Crippen molar-refractivity contribution in [1.82, 2.24) is 20.2 Å². The van der Waals surface area contributed by atoms with Gasteiger partial charge in [-0.25, -0.2) is 0 Å². The third-order valence-electron chi connectivity index (χ3n) is 6.69. The van der Waals surface area contributed by atoms with Gasteiger partial charge in [-0.05, 0) is 30.9 Å². The Bertz CT molecular complexity index is 1420. The van der Waals surface area contributed by atoms with E-state index in [-0.39, 0.29) is 29.4 Å². The van der Waals surface area contributed by atoms with Gasteiger partial charge in [-0.1, -0.05) is 64.9 Å². The zero-order valence-corrected chi connectivity index (χ0v) is 20.6. The van der Waals surface area contributed by atoms with Crippen LogP contribution in [0.15, 0.2) is 63.6 Å². The van der Waals surface area contributed by atoms with Crippen LogP contribution in [0.3, 0.4) is 0 Å². The number of alkyl halides is 3. The van der Waals surface area contributed by atoms with E-state index in [0.717, 1.165) is 19.4 Å². The average Bonchev–Trinajstić information content (AvgIpc) is 3.57. The summed E-state index contributed by atoms with van der Waals surface area (Å²) in [5.41, 5.74) is -0.151. The number of aliphatic hydroxyl groups excluding tert-OH is 1. The van der Waals surface area contributed by atoms with Crippen molar-refractivity contribution < 1.29 is 37.2 Å². The molecule has 0 saturated carbocycles. The average molecular weight is 543 g/mol. The number of aliphatic carboxylic acids is 1. The highest BCUT2D eigenvalue weighted by Crippen LogP contribution is 2.43. The second-order valence-electron chi connectivity index (χ2n) is 9.53. The lowest BCUT2D eigenvalue weighted by molar-refractivity contribution is -0.139. The lowest BCUT2D eigenvalue weighted by atomic mass is 9.94. The van der Waals surface area contributed by atoms with Gasteiger partial charge in [-0.3, -0.25) is 4.79 Å². The van der Waals surface area contributed by atoms with Crippen molar-refractivity contribution >= 4 is 5.97 Å². The molecule has 204 valence electrons. The summed E-state index contributed by atoms with van der Waals surface area (Å²) in [4.78, 5) is 17.2. The first-order valence-corrected chi connectivity index (χ1v) is 12.4. The summed E-state index contributed by atoms with van der Waals surface area (Å²) in [6.07, 6.45) is -3.75. The molecular formula is C27H25F3N4O5. The number of hydrogen-bond acceptors (Lipinski definition) is 8. The molecule has 4 aromatic rings. The van der Waals surface area contributed by atoms with Gasteiger partial charge in [0.05, 0.1) is 6.10 Å². The molecule has 39 heavy (non-hydrogen) atoms. The molecule has 2 N–H and O–H groups in total. The minimum absolute atomic E-state index is 0.0457. The van der Waals surface area contributed by atoms with Crippen molar-refractivity contribution in [1.29, 1.82) is 0 Å². The number of hydrogen-bond donors (Lipinski definition) is 2. The maximum atomic E-state index is 14.0. The predicted molar refractivity (Wildman–Crippen MR) is 132 cm³/mol. The second kappa shape index (κ2) is 11.0. The lowest BCUT2D eigenvalue weighted by Gasteiger charge is -2.33. The Morgan fingerprint density at radius 3 is 2.49 bits per heavy atom. The van der Waals surface area contributed by atoms with Crippen LogP contribution in [-0.4, -0.2) is 56.0 Å². The number of likely N-dealkylation sites (tertiary alicyclic amines) is 1. The highest BCUT2D eigenvalue weighted by molar-refractivity contribution is 5.71. The van der Waals surface area contributed by atoms with Crippen LogP contribution >= 0.6 is 0 Å². The smallest absolute Gasteiger partial charge is 0.422 e. The highest BCUT2D eigenvalue weighted by Gasteiger charge is 2.43. The summed E-state index contributed by atoms with van der Waals surface area (Å²) in [5.74, 6) is -1.85. The minimum atomic E-state index is -4.78. The van der Waals surface area contributed by atoms with E-state index in [1.54, 1.807) is 42.5 Å². The molecule has 0 radical (unpaired) electrons. The second-order valence-corrected chi connectivity index (χ2v) is 9.53. The number of carboxylic acid groups (broad SMARTS) is 1. The van der Waals surface area contributed by atoms with Crippen LogP contribution in [0.25, 0.3) is 34.3 Å². The summed E-state index contributed by atoms with van der Waals surface area (Å²) in [6.45, 7) is 1.75. The van der Waals surface area contributed by atoms with Crippen LogP contribution in [0.5, 0.6) is 0 Å². The van der Waals surface area contributed by atoms with Crippen molar-refractivity contribution in [2.75, 3.05) is 19.6 Å². The number of rotatable bonds is 8. The van der Waals surface area contributed by atoms with E-state index in [0.29, 0.717) is 24.2 Å². The molecule has 0 bridgehead atoms. The first-order valence-electron chi connectivity index (χ1n) is 12.4. The molecule has 1 aliphatic heterocycles. The third kappa shape index (κ3) is 6.02. The number of halogens is 3. The largest absolute Gasteiger partial charge is 0.481 e. The monoisotopic (exact) mass is 542 g/mol. The lowest BCUT2D eigenvalue weighted by Crippen LogP contribution is -2.38. The van der Waals surface area contributed by atoms with Gasteiger partial charge >= 0.3 is 12.1 Å². The molecule has 0 amide bonds. The van der Waals surface area contributed by atoms with Gasteiger partial charge in [0.15, 0.2) is 0 Å². The van der Waals surface area contributed by atoms with E-state index < -0.39 is 35.5 Å². The molecule has 0 spiro atoms. The quantitative estimate of drug-likeness (QED) is 0.305. The van der Waals surface area contributed by atoms with E-state index >= 15 is 0 Å². The third-order valence-corrected chi connectivity index (χ3v) is 6.69. The van der Waals surface area contributed by atoms with Gasteiger partial charge in [-0.2, -0.15) is 18.2 Å². The fourth-order valence-corrected chi connectivity index (χ4v) is 4.86. The number of aromatic nitrogens is 3. The SMILES string of the molecule is O=C(O)C[C@H]1CCCN(C[C@@H](O)c2ccc(-c3noc(-c4onc(-c5ccccc5)c4C(F)(F)F)n3)cc2)C1. The van der Waals surface area contributed by atoms with Crippen molar-refractivity contribution in [2.45, 2.75) is 31.5 Å². The molecule has 1 saturated heterocycles. The zero-order valence-electron chi connectivity index (χ0n) is 20.6. The van der Waals surface area contributed by atoms with Crippen molar-refractivity contribution in [3.05, 3.63) is 65.7 Å². The molecular weight excluding hydrogens is 517 g/mol. The first-order chi connectivity index (χ1) is 18.7. The molecule has 0 unspecified atom stereocenters. The summed E-state index contributed by atoms with van der Waals surface area (Å²) >= 11 is 0. The van der Waals surface area contributed by atoms with Crippen molar-refractivity contribution in [3.63, 3.8) is 0 Å². The van der Waals surface area contributed by atoms with E-state index in [4.69, 9.17) is 14.2 Å². The topological polar surface area (TPSA) is 126 Å². The van der Waals surface area contributed by atoms with Crippen molar-refractivity contribution in [3.8, 4) is 34.3 Å². The van der Waals surface area contributed by atoms with Gasteiger partial charge in [0, 0.05) is 30.6 Å². The normalized spacial score (nSPS) is 17.3. The number of benzene rings is 2. The predicted octanol–water partition coefficient (Wildman–Crippen LogP) is 5.30. The van der Waals surface area contributed by atoms with Crippen molar-refractivity contribution in [2.24, 2.45) is 5.92 Å². The van der Waals surface area contributed by atoms with Crippen LogP contribution in [0.4, 0.5) is 13.2 Å². The van der Waals surface area contributed by atoms with Crippen LogP contribution in [0, 0.1) is 5.92 Å². The molecule has 0 aliphatic carbocycles. The fraction of sp³-hybridized carbons (Fsp3) is 0.333. The Kier molecular flexibility index (Phi) is 7.49. The van der Waals surface area contributed by atoms with E-state index in [9.17, 15) is 23.1 Å². The molecule has 1 fully saturated rings. The van der Waals surface area contributed by atoms with Gasteiger partial charge in [0.2, 0.25) is 11.6 Å². The number of carbonyl (C=O) groups is 1. The molecule has 2 atom stereocenters. The molecule has 3 heterocycles. The number of piperidine rings is 1. The summed E-state index contributed by atoms with van der Waals surface area (Å²) < 4.78 is 52.0. The first kappa shape index (κ1) is 26.6. The molecule has 2 aromatic heterocycles. The molecule has 12 heteroatoms. The van der Waals surface area contributed by atoms with Gasteiger partial charge in [-0.15, -0.1) is 0 Å². The number of carboxylic acids is 1. The molecule has 2 aromatic carbocycles. The van der Waals surface area contributed by atoms with Gasteiger partial charge in [0.1, 0.15) is 11.3 Å². The summed E-state index contributed by atoms with van der Waals surface area (Å²) in [6, 6.07) is 14.5. The van der Waals surface area contributed by atoms with E-state index in [2.05, 4.69) is 20.2 Å². The van der Waals surface area contributed by atoms with Crippen LogP contribution < -0.4 is 0 Å². The van der Waals surface area contributed by atoms with Crippen LogP contribution in [0.2, 0.25) is 0 Å². The Morgan fingerprint density at radius 1 is 1.05 bits per heavy atom. The number of β-amino-alcohol motifs (C(OH)–C–C–N with tert-alkyl or cyclic N) is 1. The van der Waals surface area contributed by atoms with E-state index in [1.807, 2.05) is 0 Å². The van der Waals surface area contributed by atoms with Gasteiger partial charge in [0.25, 0.3) is 5.89 Å². The van der Waals surface area contributed by atoms with Crippen LogP contribution in [0.1, 0.15) is 36.5 Å². The molecule has 1 aliphatic rings. The Hall–Kier alpha value is -4.03. The highest BCUT2D eigenvalue weighted by atomic mass is 19.4. The Balaban J connectivity index is 1.31. The summed E-state index contributed by atoms with van der Waals surface area (Å²) in [7, 11) is 0. The van der Waals surface area contributed by atoms with E-state index in [1.165, 1.54) is 12.1 Å².